The van der Waals surface area contributed by atoms with Crippen LogP contribution in [0.4, 0.5) is 5.69 Å². The molecule has 3 aromatic rings. The fourth-order valence-electron chi connectivity index (χ4n) is 3.12. The smallest absolute Gasteiger partial charge is 0.248 e. The fraction of sp³-hybridized carbons (Fsp3) is 0.217. The van der Waals surface area contributed by atoms with Crippen LogP contribution >= 0.6 is 0 Å². The zero-order valence-corrected chi connectivity index (χ0v) is 16.6. The van der Waals surface area contributed by atoms with Crippen LogP contribution in [0.3, 0.4) is 0 Å². The number of nitrogens with one attached hydrogen (secondary N) is 1. The molecule has 0 fully saturated rings. The fourth-order valence-corrected chi connectivity index (χ4v) is 3.12. The molecule has 29 heavy (non-hydrogen) atoms. The van der Waals surface area contributed by atoms with Crippen molar-refractivity contribution < 1.29 is 14.3 Å². The number of anilines is 1. The van der Waals surface area contributed by atoms with Gasteiger partial charge in [0, 0.05) is 30.8 Å². The maximum Gasteiger partial charge on any atom is 0.248 e. The number of methoxy groups -OCH3 is 1. The van der Waals surface area contributed by atoms with Crippen LogP contribution in [0.5, 0.6) is 5.75 Å². The zero-order valence-electron chi connectivity index (χ0n) is 16.6. The number of rotatable bonds is 8. The van der Waals surface area contributed by atoms with Crippen molar-refractivity contribution >= 4 is 28.3 Å². The summed E-state index contributed by atoms with van der Waals surface area (Å²) in [4.78, 5) is 25.4. The molecule has 150 valence electrons. The first-order valence-corrected chi connectivity index (χ1v) is 9.39. The number of carbonyl (C=O) groups excluding carboxylic acids is 2. The van der Waals surface area contributed by atoms with E-state index in [0.717, 1.165) is 23.1 Å². The quantitative estimate of drug-likeness (QED) is 0.616. The number of ether oxygens (including phenoxy) is 1. The van der Waals surface area contributed by atoms with E-state index in [1.165, 1.54) is 5.56 Å². The summed E-state index contributed by atoms with van der Waals surface area (Å²) in [6, 6.07) is 18.9. The minimum Gasteiger partial charge on any atom is -0.497 e. The zero-order chi connectivity index (χ0) is 20.8. The van der Waals surface area contributed by atoms with E-state index >= 15 is 0 Å². The molecule has 0 aliphatic heterocycles. The third kappa shape index (κ3) is 5.56. The van der Waals surface area contributed by atoms with Crippen LogP contribution in [0.15, 0.2) is 60.7 Å². The molecule has 0 heterocycles. The molecule has 0 radical (unpaired) electrons. The Hall–Kier alpha value is -3.38. The first-order valence-electron chi connectivity index (χ1n) is 9.39. The van der Waals surface area contributed by atoms with Gasteiger partial charge in [0.05, 0.1) is 7.11 Å². The predicted octanol–water partition coefficient (Wildman–Crippen LogP) is 3.41. The van der Waals surface area contributed by atoms with Crippen molar-refractivity contribution in [3.8, 4) is 5.75 Å². The lowest BCUT2D eigenvalue weighted by Gasteiger charge is -2.17. The lowest BCUT2D eigenvalue weighted by Crippen LogP contribution is -2.24. The monoisotopic (exact) mass is 391 g/mol. The molecule has 0 aromatic heterocycles. The van der Waals surface area contributed by atoms with Crippen LogP contribution in [-0.4, -0.2) is 37.4 Å². The van der Waals surface area contributed by atoms with Gasteiger partial charge in [0.15, 0.2) is 0 Å². The van der Waals surface area contributed by atoms with Gasteiger partial charge in [0.25, 0.3) is 0 Å². The van der Waals surface area contributed by atoms with Crippen molar-refractivity contribution in [1.29, 1.82) is 0 Å². The van der Waals surface area contributed by atoms with Gasteiger partial charge in [-0.15, -0.1) is 0 Å². The number of hydrogen-bond donors (Lipinski definition) is 2. The van der Waals surface area contributed by atoms with Gasteiger partial charge in [0.1, 0.15) is 5.75 Å². The van der Waals surface area contributed by atoms with E-state index in [0.29, 0.717) is 24.2 Å². The summed E-state index contributed by atoms with van der Waals surface area (Å²) < 4.78 is 5.26. The maximum absolute atomic E-state index is 12.2. The number of hydrogen-bond acceptors (Lipinski definition) is 4. The van der Waals surface area contributed by atoms with Gasteiger partial charge >= 0.3 is 0 Å². The molecule has 0 aliphatic carbocycles. The molecule has 2 amide bonds. The molecule has 6 nitrogen and oxygen atoms in total. The predicted molar refractivity (Wildman–Crippen MR) is 115 cm³/mol. The Balaban J connectivity index is 1.51. The van der Waals surface area contributed by atoms with Crippen LogP contribution in [0.1, 0.15) is 22.3 Å². The topological polar surface area (TPSA) is 84.7 Å². The molecule has 0 atom stereocenters. The second-order valence-electron chi connectivity index (χ2n) is 7.02. The largest absolute Gasteiger partial charge is 0.497 e. The second-order valence-corrected chi connectivity index (χ2v) is 7.02. The van der Waals surface area contributed by atoms with Gasteiger partial charge in [-0.3, -0.25) is 9.59 Å². The number of fused-ring (bicyclic) bond motifs is 1. The Morgan fingerprint density at radius 3 is 2.38 bits per heavy atom. The highest BCUT2D eigenvalue weighted by atomic mass is 16.5. The Morgan fingerprint density at radius 2 is 1.69 bits per heavy atom. The van der Waals surface area contributed by atoms with E-state index in [1.54, 1.807) is 31.4 Å². The highest BCUT2D eigenvalue weighted by Crippen LogP contribution is 2.22. The van der Waals surface area contributed by atoms with Crippen LogP contribution in [0.2, 0.25) is 0 Å². The number of carbonyl (C=O) groups is 2. The van der Waals surface area contributed by atoms with Gasteiger partial charge < -0.3 is 20.7 Å². The SMILES string of the molecule is COc1ccc2cc(CN(C)CCC(=O)Nc3ccc(C(N)=O)cc3)ccc2c1. The van der Waals surface area contributed by atoms with E-state index in [1.807, 2.05) is 19.2 Å². The van der Waals surface area contributed by atoms with E-state index in [-0.39, 0.29) is 5.91 Å². The molecule has 0 unspecified atom stereocenters. The summed E-state index contributed by atoms with van der Waals surface area (Å²) in [6.45, 7) is 1.38. The molecule has 3 aromatic carbocycles. The van der Waals surface area contributed by atoms with E-state index in [2.05, 4.69) is 34.5 Å². The van der Waals surface area contributed by atoms with Gasteiger partial charge in [-0.25, -0.2) is 0 Å². The average Bonchev–Trinajstić information content (AvgIpc) is 2.72. The molecule has 3 N–H and O–H groups in total. The number of benzene rings is 3. The molecule has 0 saturated carbocycles. The van der Waals surface area contributed by atoms with Crippen molar-refractivity contribution in [2.75, 3.05) is 26.0 Å². The number of primary amides is 1. The number of nitrogens with two attached hydrogens (primary N) is 1. The molecule has 0 saturated heterocycles. The lowest BCUT2D eigenvalue weighted by molar-refractivity contribution is -0.116. The van der Waals surface area contributed by atoms with Gasteiger partial charge in [-0.05, 0) is 65.8 Å². The molecule has 0 bridgehead atoms. The van der Waals surface area contributed by atoms with Gasteiger partial charge in [-0.1, -0.05) is 18.2 Å². The molecule has 0 aliphatic rings. The molecule has 3 rings (SSSR count). The summed E-state index contributed by atoms with van der Waals surface area (Å²) in [5.41, 5.74) is 7.46. The van der Waals surface area contributed by atoms with Crippen molar-refractivity contribution in [3.05, 3.63) is 71.8 Å². The Bertz CT molecular complexity index is 1020. The third-order valence-electron chi connectivity index (χ3n) is 4.74. The molecular weight excluding hydrogens is 366 g/mol. The second kappa shape index (κ2) is 9.21. The summed E-state index contributed by atoms with van der Waals surface area (Å²) in [5, 5.41) is 5.13. The maximum atomic E-state index is 12.2. The normalized spacial score (nSPS) is 10.9. The lowest BCUT2D eigenvalue weighted by atomic mass is 10.1. The molecular formula is C23H25N3O3. The summed E-state index contributed by atoms with van der Waals surface area (Å²) in [6.07, 6.45) is 0.374. The van der Waals surface area contributed by atoms with Crippen LogP contribution in [0.25, 0.3) is 10.8 Å². The molecule has 6 heteroatoms. The highest BCUT2D eigenvalue weighted by Gasteiger charge is 2.08. The number of nitrogens with zero attached hydrogens (tertiary/aromatic N) is 1. The van der Waals surface area contributed by atoms with Crippen molar-refractivity contribution in [1.82, 2.24) is 4.90 Å². The van der Waals surface area contributed by atoms with Crippen LogP contribution < -0.4 is 15.8 Å². The first kappa shape index (κ1) is 20.4. The number of amides is 2. The van der Waals surface area contributed by atoms with E-state index in [4.69, 9.17) is 10.5 Å². The van der Waals surface area contributed by atoms with Crippen LogP contribution in [-0.2, 0) is 11.3 Å². The Kier molecular flexibility index (Phi) is 6.46. The minimum atomic E-state index is -0.489. The van der Waals surface area contributed by atoms with Crippen LogP contribution in [0, 0.1) is 0 Å². The summed E-state index contributed by atoms with van der Waals surface area (Å²) >= 11 is 0. The Morgan fingerprint density at radius 1 is 1.00 bits per heavy atom. The van der Waals surface area contributed by atoms with Crippen molar-refractivity contribution in [3.63, 3.8) is 0 Å². The summed E-state index contributed by atoms with van der Waals surface area (Å²) in [5.74, 6) is 0.282. The van der Waals surface area contributed by atoms with E-state index < -0.39 is 5.91 Å². The van der Waals surface area contributed by atoms with Gasteiger partial charge in [-0.2, -0.15) is 0 Å². The minimum absolute atomic E-state index is 0.0747. The van der Waals surface area contributed by atoms with Gasteiger partial charge in [0.2, 0.25) is 11.8 Å². The first-order chi connectivity index (χ1) is 13.9. The highest BCUT2D eigenvalue weighted by molar-refractivity contribution is 5.94. The standard InChI is InChI=1S/C23H25N3O3/c1-26(12-11-22(27)25-20-8-5-17(6-9-20)23(24)28)15-16-3-4-19-14-21(29-2)10-7-18(19)13-16/h3-10,13-14H,11-12,15H2,1-2H3,(H2,24,28)(H,25,27). The van der Waals surface area contributed by atoms with E-state index in [9.17, 15) is 9.59 Å². The third-order valence-corrected chi connectivity index (χ3v) is 4.74. The van der Waals surface area contributed by atoms with Crippen molar-refractivity contribution in [2.45, 2.75) is 13.0 Å². The van der Waals surface area contributed by atoms with Crippen molar-refractivity contribution in [2.24, 2.45) is 5.73 Å². The summed E-state index contributed by atoms with van der Waals surface area (Å²) in [7, 11) is 3.66. The molecule has 0 spiro atoms. The average molecular weight is 391 g/mol. The Labute approximate surface area is 170 Å².